The highest BCUT2D eigenvalue weighted by Gasteiger charge is 2.36. The van der Waals surface area contributed by atoms with Crippen LogP contribution in [0.2, 0.25) is 0 Å². The van der Waals surface area contributed by atoms with E-state index in [0.29, 0.717) is 18.7 Å². The van der Waals surface area contributed by atoms with Crippen LogP contribution in [0.25, 0.3) is 0 Å². The summed E-state index contributed by atoms with van der Waals surface area (Å²) in [6.45, 7) is 3.28. The molecule has 1 atom stereocenters. The molecule has 2 aromatic rings. The molecule has 0 aromatic carbocycles. The largest absolute Gasteiger partial charge is 0.325 e. The number of nitrogens with zero attached hydrogens (tertiary/aromatic N) is 2. The second-order valence-electron chi connectivity index (χ2n) is 6.72. The topological polar surface area (TPSA) is 145 Å². The number of pyridine rings is 1. The number of hydrogen-bond acceptors (Lipinski definition) is 6. The van der Waals surface area contributed by atoms with Crippen molar-refractivity contribution >= 4 is 21.7 Å². The van der Waals surface area contributed by atoms with Gasteiger partial charge in [-0.3, -0.25) is 14.6 Å². The molecule has 0 saturated carbocycles. The van der Waals surface area contributed by atoms with Crippen LogP contribution in [0.15, 0.2) is 32.7 Å². The van der Waals surface area contributed by atoms with Crippen LogP contribution < -0.4 is 16.6 Å². The fourth-order valence-electron chi connectivity index (χ4n) is 3.24. The number of carbonyl (C=O) groups is 1. The Balaban J connectivity index is 1.82. The highest BCUT2D eigenvalue weighted by atomic mass is 32.2. The molecule has 11 heteroatoms. The maximum absolute atomic E-state index is 13.0. The van der Waals surface area contributed by atoms with E-state index in [-0.39, 0.29) is 24.7 Å². The van der Waals surface area contributed by atoms with Crippen LogP contribution in [0.5, 0.6) is 0 Å². The van der Waals surface area contributed by atoms with Crippen LogP contribution in [0.3, 0.4) is 0 Å². The van der Waals surface area contributed by atoms with Crippen LogP contribution in [0.1, 0.15) is 24.2 Å². The molecule has 2 aromatic heterocycles. The fraction of sp³-hybridized carbons (Fsp3) is 0.412. The first-order chi connectivity index (χ1) is 13.2. The number of amides is 1. The van der Waals surface area contributed by atoms with Crippen LogP contribution in [-0.2, 0) is 14.8 Å². The Morgan fingerprint density at radius 3 is 2.68 bits per heavy atom. The zero-order chi connectivity index (χ0) is 20.5. The van der Waals surface area contributed by atoms with Gasteiger partial charge in [-0.15, -0.1) is 0 Å². The van der Waals surface area contributed by atoms with Crippen molar-refractivity contribution in [2.24, 2.45) is 5.92 Å². The highest BCUT2D eigenvalue weighted by Crippen LogP contribution is 2.24. The number of aromatic nitrogens is 3. The molecule has 1 aliphatic rings. The third kappa shape index (κ3) is 4.04. The van der Waals surface area contributed by atoms with E-state index in [1.165, 1.54) is 6.92 Å². The SMILES string of the molecule is Cc1cccc(NC(=O)C2CCCN(S(=O)(=O)c3c(C)[nH]c(=O)[nH]c3=O)C2)n1. The van der Waals surface area contributed by atoms with Gasteiger partial charge in [-0.05, 0) is 38.8 Å². The van der Waals surface area contributed by atoms with Gasteiger partial charge >= 0.3 is 5.69 Å². The molecule has 1 aliphatic heterocycles. The first-order valence-corrected chi connectivity index (χ1v) is 10.2. The van der Waals surface area contributed by atoms with Gasteiger partial charge in [0.1, 0.15) is 5.82 Å². The van der Waals surface area contributed by atoms with Crippen LogP contribution in [0.4, 0.5) is 5.82 Å². The van der Waals surface area contributed by atoms with Crippen LogP contribution in [0, 0.1) is 19.8 Å². The molecule has 28 heavy (non-hydrogen) atoms. The number of piperidine rings is 1. The number of aromatic amines is 2. The number of aryl methyl sites for hydroxylation is 2. The van der Waals surface area contributed by atoms with Gasteiger partial charge in [0, 0.05) is 24.5 Å². The fourth-order valence-corrected chi connectivity index (χ4v) is 4.97. The zero-order valence-electron chi connectivity index (χ0n) is 15.5. The lowest BCUT2D eigenvalue weighted by molar-refractivity contribution is -0.120. The summed E-state index contributed by atoms with van der Waals surface area (Å²) in [5.74, 6) is -0.504. The van der Waals surface area contributed by atoms with E-state index in [9.17, 15) is 22.8 Å². The number of carbonyl (C=O) groups excluding carboxylic acids is 1. The first kappa shape index (κ1) is 20.0. The molecular weight excluding hydrogens is 386 g/mol. The van der Waals surface area contributed by atoms with Crippen molar-refractivity contribution in [2.75, 3.05) is 18.4 Å². The van der Waals surface area contributed by atoms with Crippen molar-refractivity contribution in [3.63, 3.8) is 0 Å². The van der Waals surface area contributed by atoms with Crippen molar-refractivity contribution in [1.29, 1.82) is 0 Å². The average Bonchev–Trinajstić information content (AvgIpc) is 2.60. The number of rotatable bonds is 4. The van der Waals surface area contributed by atoms with E-state index in [2.05, 4.69) is 15.3 Å². The summed E-state index contributed by atoms with van der Waals surface area (Å²) < 4.78 is 27.0. The smallest absolute Gasteiger partial charge is 0.310 e. The Morgan fingerprint density at radius 2 is 2.00 bits per heavy atom. The Kier molecular flexibility index (Phi) is 5.47. The summed E-state index contributed by atoms with van der Waals surface area (Å²) in [5, 5.41) is 2.71. The van der Waals surface area contributed by atoms with Gasteiger partial charge in [0.15, 0.2) is 4.90 Å². The van der Waals surface area contributed by atoms with Gasteiger partial charge in [0.05, 0.1) is 5.92 Å². The van der Waals surface area contributed by atoms with Gasteiger partial charge < -0.3 is 10.3 Å². The lowest BCUT2D eigenvalue weighted by Gasteiger charge is -2.31. The Hall–Kier alpha value is -2.79. The number of H-pyrrole nitrogens is 2. The normalized spacial score (nSPS) is 18.0. The summed E-state index contributed by atoms with van der Waals surface area (Å²) in [5.41, 5.74) is -1.04. The van der Waals surface area contributed by atoms with E-state index < -0.39 is 32.1 Å². The molecule has 3 heterocycles. The van der Waals surface area contributed by atoms with E-state index in [0.717, 1.165) is 10.00 Å². The Labute approximate surface area is 161 Å². The second-order valence-corrected chi connectivity index (χ2v) is 8.59. The lowest BCUT2D eigenvalue weighted by Crippen LogP contribution is -2.45. The van der Waals surface area contributed by atoms with Gasteiger partial charge in [0.25, 0.3) is 5.56 Å². The van der Waals surface area contributed by atoms with E-state index in [1.54, 1.807) is 25.1 Å². The quantitative estimate of drug-likeness (QED) is 0.656. The zero-order valence-corrected chi connectivity index (χ0v) is 16.3. The third-order valence-corrected chi connectivity index (χ3v) is 6.59. The molecule has 0 spiro atoms. The molecule has 1 fully saturated rings. The molecule has 1 unspecified atom stereocenters. The summed E-state index contributed by atoms with van der Waals surface area (Å²) in [6, 6.07) is 5.22. The molecule has 0 aliphatic carbocycles. The third-order valence-electron chi connectivity index (χ3n) is 4.57. The first-order valence-electron chi connectivity index (χ1n) is 8.76. The maximum atomic E-state index is 13.0. The molecule has 0 radical (unpaired) electrons. The predicted octanol–water partition coefficient (Wildman–Crippen LogP) is 0.114. The van der Waals surface area contributed by atoms with Crippen molar-refractivity contribution in [2.45, 2.75) is 31.6 Å². The second kappa shape index (κ2) is 7.68. The standard InChI is InChI=1S/C17H21N5O5S/c1-10-5-3-7-13(18-10)20-15(23)12-6-4-8-22(9-12)28(26,27)14-11(2)19-17(25)21-16(14)24/h3,5,7,12H,4,6,8-9H2,1-2H3,(H,18,20,23)(H2,19,21,24,25). The van der Waals surface area contributed by atoms with Gasteiger partial charge in [-0.1, -0.05) is 6.07 Å². The molecule has 10 nitrogen and oxygen atoms in total. The molecule has 1 amide bonds. The number of hydrogen-bond donors (Lipinski definition) is 3. The summed E-state index contributed by atoms with van der Waals surface area (Å²) in [4.78, 5) is 43.9. The molecule has 1 saturated heterocycles. The van der Waals surface area contributed by atoms with Crippen molar-refractivity contribution < 1.29 is 13.2 Å². The summed E-state index contributed by atoms with van der Waals surface area (Å²) in [7, 11) is -4.16. The predicted molar refractivity (Wildman–Crippen MR) is 102 cm³/mol. The lowest BCUT2D eigenvalue weighted by atomic mass is 9.99. The van der Waals surface area contributed by atoms with Crippen molar-refractivity contribution in [1.82, 2.24) is 19.3 Å². The summed E-state index contributed by atoms with van der Waals surface area (Å²) in [6.07, 6.45) is 0.990. The molecule has 150 valence electrons. The van der Waals surface area contributed by atoms with Gasteiger partial charge in [0.2, 0.25) is 15.9 Å². The highest BCUT2D eigenvalue weighted by molar-refractivity contribution is 7.89. The van der Waals surface area contributed by atoms with Crippen molar-refractivity contribution in [3.8, 4) is 0 Å². The number of nitrogens with one attached hydrogen (secondary N) is 3. The van der Waals surface area contributed by atoms with E-state index in [1.807, 2.05) is 4.98 Å². The number of sulfonamides is 1. The van der Waals surface area contributed by atoms with E-state index in [4.69, 9.17) is 0 Å². The Bertz CT molecular complexity index is 1120. The van der Waals surface area contributed by atoms with Gasteiger partial charge in [-0.2, -0.15) is 4.31 Å². The molecule has 3 N–H and O–H groups in total. The number of anilines is 1. The molecule has 3 rings (SSSR count). The van der Waals surface area contributed by atoms with Gasteiger partial charge in [-0.25, -0.2) is 18.2 Å². The monoisotopic (exact) mass is 407 g/mol. The maximum Gasteiger partial charge on any atom is 0.325 e. The van der Waals surface area contributed by atoms with Crippen LogP contribution in [-0.4, -0.2) is 46.7 Å². The molecule has 0 bridgehead atoms. The van der Waals surface area contributed by atoms with Crippen molar-refractivity contribution in [3.05, 3.63) is 50.4 Å². The average molecular weight is 407 g/mol. The minimum atomic E-state index is -4.16. The minimum absolute atomic E-state index is 0.0377. The Morgan fingerprint density at radius 1 is 1.25 bits per heavy atom. The molecular formula is C17H21N5O5S. The minimum Gasteiger partial charge on any atom is -0.310 e. The van der Waals surface area contributed by atoms with Crippen LogP contribution >= 0.6 is 0 Å². The van der Waals surface area contributed by atoms with E-state index >= 15 is 0 Å². The summed E-state index contributed by atoms with van der Waals surface area (Å²) >= 11 is 0.